The lowest BCUT2D eigenvalue weighted by molar-refractivity contribution is 0.0168. The van der Waals surface area contributed by atoms with Crippen molar-refractivity contribution < 1.29 is 9.47 Å². The number of likely N-dealkylation sites (tertiary alicyclic amines) is 1. The van der Waals surface area contributed by atoms with Gasteiger partial charge in [-0.15, -0.1) is 24.0 Å². The summed E-state index contributed by atoms with van der Waals surface area (Å²) in [6, 6.07) is 8.97. The molecule has 1 aromatic rings. The van der Waals surface area contributed by atoms with Crippen molar-refractivity contribution in [1.29, 1.82) is 0 Å². The summed E-state index contributed by atoms with van der Waals surface area (Å²) in [4.78, 5) is 6.89. The molecule has 2 heterocycles. The van der Waals surface area contributed by atoms with Crippen LogP contribution in [0.4, 0.5) is 0 Å². The minimum Gasteiger partial charge on any atom is -0.379 e. The van der Waals surface area contributed by atoms with Crippen LogP contribution in [0, 0.1) is 5.92 Å². The molecule has 2 atom stereocenters. The standard InChI is InChI=1S/C24H40N4O2.HI/c1-20-6-3-13-28(17-20)18-22-10-8-21(9-11-22)16-27-24(25-2)26-12-5-14-29-19-23-7-4-15-30-23;/h8-11,20,23H,3-7,12-19H2,1-2H3,(H2,25,26,27);1H. The zero-order valence-corrected chi connectivity index (χ0v) is 21.6. The van der Waals surface area contributed by atoms with Crippen LogP contribution in [-0.2, 0) is 22.6 Å². The van der Waals surface area contributed by atoms with Crippen LogP contribution < -0.4 is 10.6 Å². The van der Waals surface area contributed by atoms with Gasteiger partial charge in [-0.1, -0.05) is 31.2 Å². The molecule has 0 radical (unpaired) electrons. The van der Waals surface area contributed by atoms with Crippen molar-refractivity contribution in [3.63, 3.8) is 0 Å². The normalized spacial score (nSPS) is 22.2. The van der Waals surface area contributed by atoms with Crippen molar-refractivity contribution in [2.24, 2.45) is 10.9 Å². The smallest absolute Gasteiger partial charge is 0.191 e. The van der Waals surface area contributed by atoms with E-state index in [2.05, 4.69) is 51.7 Å². The van der Waals surface area contributed by atoms with Crippen molar-refractivity contribution in [2.45, 2.75) is 58.2 Å². The average molecular weight is 545 g/mol. The zero-order chi connectivity index (χ0) is 21.0. The second-order valence-electron chi connectivity index (χ2n) is 8.72. The topological polar surface area (TPSA) is 58.1 Å². The minimum absolute atomic E-state index is 0. The minimum atomic E-state index is 0. The lowest BCUT2D eigenvalue weighted by atomic mass is 9.99. The Morgan fingerprint density at radius 3 is 2.68 bits per heavy atom. The van der Waals surface area contributed by atoms with Gasteiger partial charge in [0.15, 0.2) is 5.96 Å². The molecular weight excluding hydrogens is 503 g/mol. The van der Waals surface area contributed by atoms with Gasteiger partial charge in [-0.25, -0.2) is 0 Å². The molecule has 1 aromatic carbocycles. The molecule has 2 unspecified atom stereocenters. The van der Waals surface area contributed by atoms with E-state index in [4.69, 9.17) is 9.47 Å². The first-order valence-electron chi connectivity index (χ1n) is 11.7. The number of nitrogens with zero attached hydrogens (tertiary/aromatic N) is 2. The molecule has 7 heteroatoms. The molecule has 6 nitrogen and oxygen atoms in total. The molecule has 31 heavy (non-hydrogen) atoms. The lowest BCUT2D eigenvalue weighted by Crippen LogP contribution is -2.37. The Hall–Kier alpha value is -0.900. The van der Waals surface area contributed by atoms with Gasteiger partial charge in [-0.2, -0.15) is 0 Å². The van der Waals surface area contributed by atoms with Crippen LogP contribution in [-0.4, -0.2) is 63.5 Å². The first kappa shape index (κ1) is 26.4. The molecular formula is C24H41IN4O2. The number of hydrogen-bond donors (Lipinski definition) is 2. The fraction of sp³-hybridized carbons (Fsp3) is 0.708. The summed E-state index contributed by atoms with van der Waals surface area (Å²) in [6.07, 6.45) is 6.26. The van der Waals surface area contributed by atoms with E-state index in [1.54, 1.807) is 0 Å². The Balaban J connectivity index is 0.00000341. The lowest BCUT2D eigenvalue weighted by Gasteiger charge is -2.30. The Kier molecular flexibility index (Phi) is 12.8. The highest BCUT2D eigenvalue weighted by molar-refractivity contribution is 14.0. The maximum atomic E-state index is 5.70. The van der Waals surface area contributed by atoms with Crippen molar-refractivity contribution in [2.75, 3.05) is 46.5 Å². The second-order valence-corrected chi connectivity index (χ2v) is 8.72. The van der Waals surface area contributed by atoms with Gasteiger partial charge in [-0.3, -0.25) is 9.89 Å². The first-order chi connectivity index (χ1) is 14.7. The van der Waals surface area contributed by atoms with Crippen molar-refractivity contribution in [3.05, 3.63) is 35.4 Å². The molecule has 2 aliphatic heterocycles. The summed E-state index contributed by atoms with van der Waals surface area (Å²) in [5, 5.41) is 6.75. The van der Waals surface area contributed by atoms with Crippen LogP contribution in [0.15, 0.2) is 29.3 Å². The van der Waals surface area contributed by atoms with Crippen LogP contribution >= 0.6 is 24.0 Å². The molecule has 0 spiro atoms. The predicted molar refractivity (Wildman–Crippen MR) is 138 cm³/mol. The Labute approximate surface area is 205 Å². The van der Waals surface area contributed by atoms with E-state index in [1.165, 1.54) is 37.1 Å². The van der Waals surface area contributed by atoms with Gasteiger partial charge in [0, 0.05) is 46.4 Å². The molecule has 0 amide bonds. The number of ether oxygens (including phenoxy) is 2. The SMILES string of the molecule is CN=C(NCCCOCC1CCCO1)NCc1ccc(CN2CCCC(C)C2)cc1.I. The number of rotatable bonds is 10. The molecule has 176 valence electrons. The van der Waals surface area contributed by atoms with Gasteiger partial charge in [-0.05, 0) is 55.7 Å². The summed E-state index contributed by atoms with van der Waals surface area (Å²) in [7, 11) is 1.81. The van der Waals surface area contributed by atoms with Crippen LogP contribution in [0.25, 0.3) is 0 Å². The first-order valence-corrected chi connectivity index (χ1v) is 11.7. The van der Waals surface area contributed by atoms with Gasteiger partial charge < -0.3 is 20.1 Å². The molecule has 2 aliphatic rings. The summed E-state index contributed by atoms with van der Waals surface area (Å²) in [5.41, 5.74) is 2.67. The van der Waals surface area contributed by atoms with E-state index in [9.17, 15) is 0 Å². The van der Waals surface area contributed by atoms with E-state index < -0.39 is 0 Å². The predicted octanol–water partition coefficient (Wildman–Crippen LogP) is 3.79. The Morgan fingerprint density at radius 1 is 1.16 bits per heavy atom. The number of guanidine groups is 1. The average Bonchev–Trinajstić information content (AvgIpc) is 3.27. The fourth-order valence-electron chi connectivity index (χ4n) is 4.23. The van der Waals surface area contributed by atoms with Crippen molar-refractivity contribution in [3.8, 4) is 0 Å². The van der Waals surface area contributed by atoms with Gasteiger partial charge in [0.25, 0.3) is 0 Å². The fourth-order valence-corrected chi connectivity index (χ4v) is 4.23. The van der Waals surface area contributed by atoms with Crippen LogP contribution in [0.3, 0.4) is 0 Å². The van der Waals surface area contributed by atoms with E-state index in [-0.39, 0.29) is 24.0 Å². The Morgan fingerprint density at radius 2 is 1.97 bits per heavy atom. The third-order valence-corrected chi connectivity index (χ3v) is 5.94. The van der Waals surface area contributed by atoms with Crippen molar-refractivity contribution >= 4 is 29.9 Å². The molecule has 0 aliphatic carbocycles. The molecule has 2 saturated heterocycles. The monoisotopic (exact) mass is 544 g/mol. The second kappa shape index (κ2) is 15.0. The third-order valence-electron chi connectivity index (χ3n) is 5.94. The van der Waals surface area contributed by atoms with E-state index in [0.29, 0.717) is 6.10 Å². The molecule has 2 fully saturated rings. The highest BCUT2D eigenvalue weighted by Gasteiger charge is 2.16. The number of aliphatic imine (C=N–C) groups is 1. The third kappa shape index (κ3) is 10.1. The van der Waals surface area contributed by atoms with Crippen molar-refractivity contribution in [1.82, 2.24) is 15.5 Å². The number of piperidine rings is 1. The van der Waals surface area contributed by atoms with Gasteiger partial charge in [0.1, 0.15) is 0 Å². The molecule has 0 bridgehead atoms. The summed E-state index contributed by atoms with van der Waals surface area (Å²) >= 11 is 0. The van der Waals surface area contributed by atoms with E-state index in [1.807, 2.05) is 7.05 Å². The van der Waals surface area contributed by atoms with Crippen LogP contribution in [0.1, 0.15) is 50.2 Å². The van der Waals surface area contributed by atoms with Crippen LogP contribution in [0.2, 0.25) is 0 Å². The quantitative estimate of drug-likeness (QED) is 0.203. The van der Waals surface area contributed by atoms with Gasteiger partial charge >= 0.3 is 0 Å². The summed E-state index contributed by atoms with van der Waals surface area (Å²) < 4.78 is 11.3. The van der Waals surface area contributed by atoms with E-state index in [0.717, 1.165) is 70.6 Å². The van der Waals surface area contributed by atoms with E-state index >= 15 is 0 Å². The Bertz CT molecular complexity index is 635. The largest absolute Gasteiger partial charge is 0.379 e. The number of hydrogen-bond acceptors (Lipinski definition) is 4. The molecule has 2 N–H and O–H groups in total. The van der Waals surface area contributed by atoms with Gasteiger partial charge in [0.2, 0.25) is 0 Å². The van der Waals surface area contributed by atoms with Gasteiger partial charge in [0.05, 0.1) is 12.7 Å². The molecule has 0 saturated carbocycles. The summed E-state index contributed by atoms with van der Waals surface area (Å²) in [6.45, 7) is 9.86. The highest BCUT2D eigenvalue weighted by atomic mass is 127. The van der Waals surface area contributed by atoms with Crippen LogP contribution in [0.5, 0.6) is 0 Å². The maximum absolute atomic E-state index is 5.70. The number of halogens is 1. The molecule has 0 aromatic heterocycles. The number of benzene rings is 1. The molecule has 3 rings (SSSR count). The summed E-state index contributed by atoms with van der Waals surface area (Å²) in [5.74, 6) is 1.66. The maximum Gasteiger partial charge on any atom is 0.191 e. The highest BCUT2D eigenvalue weighted by Crippen LogP contribution is 2.18. The number of nitrogens with one attached hydrogen (secondary N) is 2. The zero-order valence-electron chi connectivity index (χ0n) is 19.3.